The van der Waals surface area contributed by atoms with Gasteiger partial charge in [0.15, 0.2) is 17.5 Å². The van der Waals surface area contributed by atoms with E-state index in [1.54, 1.807) is 0 Å². The van der Waals surface area contributed by atoms with Crippen LogP contribution in [-0.2, 0) is 0 Å². The van der Waals surface area contributed by atoms with Crippen LogP contribution >= 0.6 is 11.3 Å². The van der Waals surface area contributed by atoms with Crippen molar-refractivity contribution in [3.8, 4) is 56.4 Å². The summed E-state index contributed by atoms with van der Waals surface area (Å²) in [6, 6.07) is 64.4. The summed E-state index contributed by atoms with van der Waals surface area (Å²) in [7, 11) is 0. The van der Waals surface area contributed by atoms with E-state index in [2.05, 4.69) is 186 Å². The molecule has 0 aliphatic heterocycles. The molecular formula is C49H30N4S. The minimum Gasteiger partial charge on any atom is -0.299 e. The van der Waals surface area contributed by atoms with E-state index < -0.39 is 0 Å². The van der Waals surface area contributed by atoms with Gasteiger partial charge in [0.25, 0.3) is 0 Å². The second kappa shape index (κ2) is 12.3. The fraction of sp³-hybridized carbons (Fsp3) is 0. The number of rotatable bonds is 5. The van der Waals surface area contributed by atoms with Gasteiger partial charge in [0.1, 0.15) is 4.83 Å². The van der Waals surface area contributed by atoms with Crippen LogP contribution in [0.1, 0.15) is 0 Å². The smallest absolute Gasteiger partial charge is 0.164 e. The summed E-state index contributed by atoms with van der Waals surface area (Å²) in [5, 5.41) is 5.77. The van der Waals surface area contributed by atoms with E-state index in [1.165, 1.54) is 37.1 Å². The zero-order valence-corrected chi connectivity index (χ0v) is 29.8. The van der Waals surface area contributed by atoms with Crippen molar-refractivity contribution in [2.24, 2.45) is 0 Å². The molecule has 54 heavy (non-hydrogen) atoms. The number of hydrogen-bond acceptors (Lipinski definition) is 4. The Hall–Kier alpha value is -6.95. The lowest BCUT2D eigenvalue weighted by Gasteiger charge is -2.12. The van der Waals surface area contributed by atoms with Crippen LogP contribution in [0.25, 0.3) is 104 Å². The molecule has 3 heterocycles. The molecule has 4 nitrogen and oxygen atoms in total. The van der Waals surface area contributed by atoms with E-state index in [1.807, 2.05) is 11.3 Å². The van der Waals surface area contributed by atoms with E-state index in [4.69, 9.17) is 15.0 Å². The number of benzene rings is 8. The van der Waals surface area contributed by atoms with Crippen LogP contribution in [0.4, 0.5) is 0 Å². The van der Waals surface area contributed by atoms with Gasteiger partial charge >= 0.3 is 0 Å². The van der Waals surface area contributed by atoms with Gasteiger partial charge in [-0.3, -0.25) is 4.40 Å². The molecule has 0 fully saturated rings. The molecule has 0 atom stereocenters. The quantitative estimate of drug-likeness (QED) is 0.179. The van der Waals surface area contributed by atoms with Crippen LogP contribution in [0, 0.1) is 0 Å². The third kappa shape index (κ3) is 4.94. The molecule has 0 saturated heterocycles. The number of thiazole rings is 1. The molecule has 0 spiro atoms. The first kappa shape index (κ1) is 30.7. The largest absolute Gasteiger partial charge is 0.299 e. The van der Waals surface area contributed by atoms with E-state index in [0.717, 1.165) is 49.4 Å². The SMILES string of the molecule is c1cc(-c2cccc(-c3c4ccccc4n4c3sc3ccccc34)c2)cc(-c2nc(-c3cccc4ccccc34)nc(-c3cccc4ccccc34)n2)c1. The molecule has 0 saturated carbocycles. The molecule has 0 amide bonds. The first-order valence-electron chi connectivity index (χ1n) is 18.1. The van der Waals surface area contributed by atoms with Gasteiger partial charge in [-0.25, -0.2) is 15.0 Å². The van der Waals surface area contributed by atoms with Gasteiger partial charge in [-0.15, -0.1) is 11.3 Å². The zero-order chi connectivity index (χ0) is 35.6. The third-order valence-electron chi connectivity index (χ3n) is 10.4. The summed E-state index contributed by atoms with van der Waals surface area (Å²) in [6.07, 6.45) is 0. The number of nitrogens with zero attached hydrogens (tertiary/aromatic N) is 4. The van der Waals surface area contributed by atoms with Crippen LogP contribution in [0.3, 0.4) is 0 Å². The summed E-state index contributed by atoms with van der Waals surface area (Å²) in [5.74, 6) is 1.94. The lowest BCUT2D eigenvalue weighted by molar-refractivity contribution is 1.08. The molecule has 11 rings (SSSR count). The number of fused-ring (bicyclic) bond motifs is 7. The molecule has 0 bridgehead atoms. The monoisotopic (exact) mass is 706 g/mol. The van der Waals surface area contributed by atoms with Gasteiger partial charge in [0.05, 0.1) is 15.7 Å². The topological polar surface area (TPSA) is 43.1 Å². The highest BCUT2D eigenvalue weighted by molar-refractivity contribution is 7.24. The van der Waals surface area contributed by atoms with E-state index in [-0.39, 0.29) is 0 Å². The lowest BCUT2D eigenvalue weighted by Crippen LogP contribution is -2.01. The average molecular weight is 707 g/mol. The minimum atomic E-state index is 0.638. The first-order valence-corrected chi connectivity index (χ1v) is 18.9. The minimum absolute atomic E-state index is 0.638. The first-order chi connectivity index (χ1) is 26.8. The van der Waals surface area contributed by atoms with Crippen molar-refractivity contribution in [3.63, 3.8) is 0 Å². The second-order valence-corrected chi connectivity index (χ2v) is 14.7. The van der Waals surface area contributed by atoms with Crippen molar-refractivity contribution >= 4 is 58.8 Å². The summed E-state index contributed by atoms with van der Waals surface area (Å²) in [5.41, 5.74) is 10.1. The third-order valence-corrected chi connectivity index (χ3v) is 11.6. The predicted octanol–water partition coefficient (Wildman–Crippen LogP) is 13.1. The van der Waals surface area contributed by atoms with E-state index >= 15 is 0 Å². The van der Waals surface area contributed by atoms with Crippen LogP contribution in [0.5, 0.6) is 0 Å². The Morgan fingerprint density at radius 3 is 1.54 bits per heavy atom. The van der Waals surface area contributed by atoms with Gasteiger partial charge in [-0.1, -0.05) is 152 Å². The highest BCUT2D eigenvalue weighted by atomic mass is 32.1. The molecule has 8 aromatic carbocycles. The molecule has 3 aromatic heterocycles. The highest BCUT2D eigenvalue weighted by Gasteiger charge is 2.19. The van der Waals surface area contributed by atoms with Gasteiger partial charge < -0.3 is 0 Å². The Morgan fingerprint density at radius 2 is 0.852 bits per heavy atom. The van der Waals surface area contributed by atoms with E-state index in [9.17, 15) is 0 Å². The van der Waals surface area contributed by atoms with Crippen molar-refractivity contribution in [2.45, 2.75) is 0 Å². The number of hydrogen-bond donors (Lipinski definition) is 0. The van der Waals surface area contributed by atoms with Gasteiger partial charge in [0.2, 0.25) is 0 Å². The predicted molar refractivity (Wildman–Crippen MR) is 226 cm³/mol. The summed E-state index contributed by atoms with van der Waals surface area (Å²) >= 11 is 1.85. The van der Waals surface area contributed by atoms with Crippen LogP contribution in [-0.4, -0.2) is 19.4 Å². The average Bonchev–Trinajstić information content (AvgIpc) is 3.78. The van der Waals surface area contributed by atoms with Crippen molar-refractivity contribution in [1.82, 2.24) is 19.4 Å². The Labute approximate surface area is 315 Å². The van der Waals surface area contributed by atoms with Crippen LogP contribution in [0.2, 0.25) is 0 Å². The normalized spacial score (nSPS) is 11.7. The molecular weight excluding hydrogens is 677 g/mol. The Kier molecular flexibility index (Phi) is 7.00. The molecule has 5 heteroatoms. The van der Waals surface area contributed by atoms with Crippen LogP contribution < -0.4 is 0 Å². The van der Waals surface area contributed by atoms with Gasteiger partial charge in [-0.05, 0) is 68.6 Å². The lowest BCUT2D eigenvalue weighted by atomic mass is 9.97. The second-order valence-electron chi connectivity index (χ2n) is 13.6. The zero-order valence-electron chi connectivity index (χ0n) is 29.0. The maximum Gasteiger partial charge on any atom is 0.164 e. The van der Waals surface area contributed by atoms with Gasteiger partial charge in [0, 0.05) is 27.6 Å². The fourth-order valence-electron chi connectivity index (χ4n) is 7.94. The molecule has 0 radical (unpaired) electrons. The molecule has 0 aliphatic rings. The van der Waals surface area contributed by atoms with Crippen LogP contribution in [0.15, 0.2) is 182 Å². The maximum atomic E-state index is 5.19. The molecule has 0 N–H and O–H groups in total. The van der Waals surface area contributed by atoms with Crippen molar-refractivity contribution < 1.29 is 0 Å². The Balaban J connectivity index is 1.08. The van der Waals surface area contributed by atoms with E-state index in [0.29, 0.717) is 17.5 Å². The molecule has 0 unspecified atom stereocenters. The Morgan fingerprint density at radius 1 is 0.370 bits per heavy atom. The molecule has 252 valence electrons. The summed E-state index contributed by atoms with van der Waals surface area (Å²) < 4.78 is 3.70. The molecule has 11 aromatic rings. The van der Waals surface area contributed by atoms with Crippen molar-refractivity contribution in [3.05, 3.63) is 182 Å². The summed E-state index contributed by atoms with van der Waals surface area (Å²) in [6.45, 7) is 0. The standard InChI is InChI=1S/C49H30N4S/c1-3-21-37-31(13-1)15-11-24-39(37)47-50-46(51-48(52-47)40-25-12-16-32-14-2-4-22-38(32)40)36-20-10-18-34(30-36)33-17-9-19-35(29-33)45-41-23-5-6-26-42(41)53-43-27-7-8-28-44(43)54-49(45)53/h1-30H. The summed E-state index contributed by atoms with van der Waals surface area (Å²) in [4.78, 5) is 16.8. The Bertz CT molecular complexity index is 3140. The highest BCUT2D eigenvalue weighted by Crippen LogP contribution is 2.43. The van der Waals surface area contributed by atoms with Crippen molar-refractivity contribution in [2.75, 3.05) is 0 Å². The number of para-hydroxylation sites is 2. The fourth-order valence-corrected chi connectivity index (χ4v) is 9.18. The number of aromatic nitrogens is 4. The van der Waals surface area contributed by atoms with Crippen molar-refractivity contribution in [1.29, 1.82) is 0 Å². The molecule has 0 aliphatic carbocycles. The maximum absolute atomic E-state index is 5.19. The van der Waals surface area contributed by atoms with Gasteiger partial charge in [-0.2, -0.15) is 0 Å².